The molecule has 1 aromatic carbocycles. The average Bonchev–Trinajstić information content (AvgIpc) is 2.73. The minimum atomic E-state index is -0.457. The summed E-state index contributed by atoms with van der Waals surface area (Å²) in [6, 6.07) is 3.07. The van der Waals surface area contributed by atoms with E-state index in [-0.39, 0.29) is 10.9 Å². The molecule has 0 saturated carbocycles. The normalized spacial score (nSPS) is 10.4. The van der Waals surface area contributed by atoms with Crippen LogP contribution in [0.1, 0.15) is 5.56 Å². The molecule has 0 radical (unpaired) electrons. The second-order valence-corrected chi connectivity index (χ2v) is 4.04. The Hall–Kier alpha value is -1.63. The van der Waals surface area contributed by atoms with Crippen molar-refractivity contribution in [3.8, 4) is 17.0 Å². The second kappa shape index (κ2) is 4.09. The summed E-state index contributed by atoms with van der Waals surface area (Å²) in [5.41, 5.74) is 3.10. The maximum absolute atomic E-state index is 11.9. The molecule has 0 atom stereocenters. The van der Waals surface area contributed by atoms with Gasteiger partial charge in [-0.15, -0.1) is 16.6 Å². The molecule has 0 spiro atoms. The van der Waals surface area contributed by atoms with Gasteiger partial charge in [0.1, 0.15) is 0 Å². The van der Waals surface area contributed by atoms with Gasteiger partial charge in [0.15, 0.2) is 0 Å². The Balaban J connectivity index is 2.62. The topological polar surface area (TPSA) is 79.7 Å². The lowest BCUT2D eigenvalue weighted by Crippen LogP contribution is -2.14. The highest BCUT2D eigenvalue weighted by atomic mass is 32.1. The van der Waals surface area contributed by atoms with Crippen LogP contribution in [-0.2, 0) is 0 Å². The molecule has 1 aromatic heterocycles. The molecular formula is C10H9N2O3S-. The second-order valence-electron chi connectivity index (χ2n) is 3.32. The molecule has 2 N–H and O–H groups in total. The summed E-state index contributed by atoms with van der Waals surface area (Å²) >= 11 is 1.37. The summed E-state index contributed by atoms with van der Waals surface area (Å²) in [6.07, 6.45) is 0. The third-order valence-corrected chi connectivity index (χ3v) is 2.72. The SMILES string of the molecule is Cc1cc(-c2cscn2)c([O-])c(N(O)O)c1. The number of hydrogen-bond acceptors (Lipinski definition) is 6. The van der Waals surface area contributed by atoms with Crippen LogP contribution in [-0.4, -0.2) is 15.4 Å². The minimum Gasteiger partial charge on any atom is -0.870 e. The van der Waals surface area contributed by atoms with Crippen LogP contribution in [0.5, 0.6) is 5.75 Å². The number of aryl methyl sites for hydroxylation is 1. The smallest absolute Gasteiger partial charge is 0.0873 e. The molecule has 0 aliphatic heterocycles. The number of nitrogens with zero attached hydrogens (tertiary/aromatic N) is 2. The Labute approximate surface area is 95.8 Å². The third kappa shape index (κ3) is 1.85. The first kappa shape index (κ1) is 10.9. The molecule has 0 fully saturated rings. The number of benzene rings is 1. The number of anilines is 1. The molecule has 0 aliphatic carbocycles. The summed E-state index contributed by atoms with van der Waals surface area (Å²) in [5, 5.41) is 31.3. The van der Waals surface area contributed by atoms with Gasteiger partial charge >= 0.3 is 0 Å². The predicted molar refractivity (Wildman–Crippen MR) is 57.8 cm³/mol. The van der Waals surface area contributed by atoms with Crippen molar-refractivity contribution in [2.75, 3.05) is 5.23 Å². The zero-order chi connectivity index (χ0) is 11.7. The van der Waals surface area contributed by atoms with Crippen molar-refractivity contribution in [1.82, 2.24) is 4.98 Å². The summed E-state index contributed by atoms with van der Waals surface area (Å²) in [5.74, 6) is -0.457. The van der Waals surface area contributed by atoms with E-state index in [1.54, 1.807) is 23.9 Å². The van der Waals surface area contributed by atoms with E-state index in [4.69, 9.17) is 10.4 Å². The predicted octanol–water partition coefficient (Wildman–Crippen LogP) is 1.78. The van der Waals surface area contributed by atoms with Crippen molar-refractivity contribution < 1.29 is 15.5 Å². The molecular weight excluding hydrogens is 228 g/mol. The molecule has 6 heteroatoms. The van der Waals surface area contributed by atoms with Gasteiger partial charge in [-0.3, -0.25) is 10.4 Å². The number of rotatable bonds is 2. The van der Waals surface area contributed by atoms with Crippen molar-refractivity contribution in [3.63, 3.8) is 0 Å². The largest absolute Gasteiger partial charge is 0.870 e. The highest BCUT2D eigenvalue weighted by Gasteiger charge is 2.09. The Bertz CT molecular complexity index is 497. The van der Waals surface area contributed by atoms with Crippen molar-refractivity contribution in [1.29, 1.82) is 0 Å². The van der Waals surface area contributed by atoms with Gasteiger partial charge in [0.05, 0.1) is 16.9 Å². The van der Waals surface area contributed by atoms with Gasteiger partial charge in [-0.1, -0.05) is 11.8 Å². The first-order valence-corrected chi connectivity index (χ1v) is 5.42. The van der Waals surface area contributed by atoms with E-state index in [1.165, 1.54) is 17.4 Å². The monoisotopic (exact) mass is 237 g/mol. The Morgan fingerprint density at radius 1 is 1.38 bits per heavy atom. The summed E-state index contributed by atoms with van der Waals surface area (Å²) in [6.45, 7) is 1.77. The molecule has 2 rings (SSSR count). The van der Waals surface area contributed by atoms with E-state index in [0.717, 1.165) is 5.56 Å². The average molecular weight is 237 g/mol. The molecule has 0 bridgehead atoms. The molecule has 84 valence electrons. The third-order valence-electron chi connectivity index (χ3n) is 2.14. The van der Waals surface area contributed by atoms with Crippen LogP contribution in [0.2, 0.25) is 0 Å². The van der Waals surface area contributed by atoms with E-state index in [0.29, 0.717) is 11.3 Å². The van der Waals surface area contributed by atoms with Crippen LogP contribution in [0.25, 0.3) is 11.3 Å². The van der Waals surface area contributed by atoms with Gasteiger partial charge in [0, 0.05) is 5.38 Å². The summed E-state index contributed by atoms with van der Waals surface area (Å²) in [7, 11) is 0. The molecule has 5 nitrogen and oxygen atoms in total. The molecule has 0 unspecified atom stereocenters. The lowest BCUT2D eigenvalue weighted by Gasteiger charge is -2.21. The Morgan fingerprint density at radius 3 is 2.69 bits per heavy atom. The minimum absolute atomic E-state index is 0.162. The van der Waals surface area contributed by atoms with E-state index in [2.05, 4.69) is 4.98 Å². The fraction of sp³-hybridized carbons (Fsp3) is 0.100. The zero-order valence-electron chi connectivity index (χ0n) is 8.41. The van der Waals surface area contributed by atoms with Gasteiger partial charge in [-0.2, -0.15) is 0 Å². The number of aromatic nitrogens is 1. The van der Waals surface area contributed by atoms with Crippen molar-refractivity contribution in [2.45, 2.75) is 6.92 Å². The van der Waals surface area contributed by atoms with Gasteiger partial charge in [-0.05, 0) is 24.1 Å². The molecule has 0 aliphatic rings. The Morgan fingerprint density at radius 2 is 2.12 bits per heavy atom. The highest BCUT2D eigenvalue weighted by Crippen LogP contribution is 2.35. The summed E-state index contributed by atoms with van der Waals surface area (Å²) < 4.78 is 0. The molecule has 0 saturated heterocycles. The van der Waals surface area contributed by atoms with Crippen molar-refractivity contribution in [2.24, 2.45) is 0 Å². The fourth-order valence-electron chi connectivity index (χ4n) is 1.44. The van der Waals surface area contributed by atoms with Gasteiger partial charge in [0.25, 0.3) is 0 Å². The maximum Gasteiger partial charge on any atom is 0.0873 e. The highest BCUT2D eigenvalue weighted by molar-refractivity contribution is 7.07. The standard InChI is InChI=1S/C10H10N2O3S/c1-6-2-7(8-4-16-5-11-8)10(13)9(3-6)12(14)15/h2-5,13-15H,1H3/p-1. The Kier molecular flexibility index (Phi) is 2.78. The lowest BCUT2D eigenvalue weighted by atomic mass is 10.1. The fourth-order valence-corrected chi connectivity index (χ4v) is 1.99. The van der Waals surface area contributed by atoms with Crippen LogP contribution in [0.15, 0.2) is 23.0 Å². The first-order chi connectivity index (χ1) is 7.59. The molecule has 16 heavy (non-hydrogen) atoms. The molecule has 0 amide bonds. The number of hydrogen-bond donors (Lipinski definition) is 2. The van der Waals surface area contributed by atoms with Crippen LogP contribution in [0.4, 0.5) is 5.69 Å². The molecule has 2 aromatic rings. The van der Waals surface area contributed by atoms with Crippen molar-refractivity contribution in [3.05, 3.63) is 28.6 Å². The van der Waals surface area contributed by atoms with E-state index in [9.17, 15) is 5.11 Å². The first-order valence-electron chi connectivity index (χ1n) is 4.47. The number of thiazole rings is 1. The van der Waals surface area contributed by atoms with Gasteiger partial charge in [-0.25, -0.2) is 4.98 Å². The lowest BCUT2D eigenvalue weighted by molar-refractivity contribution is -0.267. The maximum atomic E-state index is 11.9. The quantitative estimate of drug-likeness (QED) is 0.778. The van der Waals surface area contributed by atoms with Crippen LogP contribution < -0.4 is 10.3 Å². The van der Waals surface area contributed by atoms with E-state index < -0.39 is 5.75 Å². The summed E-state index contributed by atoms with van der Waals surface area (Å²) in [4.78, 5) is 4.03. The van der Waals surface area contributed by atoms with Gasteiger partial charge < -0.3 is 5.11 Å². The molecule has 1 heterocycles. The van der Waals surface area contributed by atoms with Gasteiger partial charge in [0.2, 0.25) is 0 Å². The van der Waals surface area contributed by atoms with Crippen molar-refractivity contribution >= 4 is 17.0 Å². The van der Waals surface area contributed by atoms with Crippen LogP contribution >= 0.6 is 11.3 Å². The van der Waals surface area contributed by atoms with Crippen LogP contribution in [0, 0.1) is 6.92 Å². The van der Waals surface area contributed by atoms with E-state index >= 15 is 0 Å². The van der Waals surface area contributed by atoms with Crippen LogP contribution in [0.3, 0.4) is 0 Å². The zero-order valence-corrected chi connectivity index (χ0v) is 9.23. The van der Waals surface area contributed by atoms with E-state index in [1.807, 2.05) is 0 Å².